The monoisotopic (exact) mass is 755 g/mol. The van der Waals surface area contributed by atoms with Crippen molar-refractivity contribution in [1.82, 2.24) is 20.9 Å². The lowest BCUT2D eigenvalue weighted by atomic mass is 9.85. The molecule has 2 heterocycles. The normalized spacial score (nSPS) is 21.8. The van der Waals surface area contributed by atoms with Crippen LogP contribution >= 0.6 is 15.9 Å². The first-order chi connectivity index (χ1) is 23.8. The number of halogens is 1. The molecule has 5 atom stereocenters. The van der Waals surface area contributed by atoms with Gasteiger partial charge >= 0.3 is 6.09 Å². The third-order valence-corrected chi connectivity index (χ3v) is 9.65. The molecule has 0 aromatic heterocycles. The van der Waals surface area contributed by atoms with Crippen molar-refractivity contribution in [2.75, 3.05) is 6.54 Å². The molecule has 2 unspecified atom stereocenters. The van der Waals surface area contributed by atoms with E-state index in [1.807, 2.05) is 82.3 Å². The van der Waals surface area contributed by atoms with Crippen molar-refractivity contribution < 1.29 is 38.9 Å². The zero-order valence-corrected chi connectivity index (χ0v) is 30.4. The van der Waals surface area contributed by atoms with E-state index in [2.05, 4.69) is 41.9 Å². The zero-order chi connectivity index (χ0) is 36.1. The Morgan fingerprint density at radius 2 is 1.84 bits per heavy atom. The fraction of sp³-hybridized carbons (Fsp3) is 0.528. The summed E-state index contributed by atoms with van der Waals surface area (Å²) in [4.78, 5) is 66.9. The second-order valence-corrected chi connectivity index (χ2v) is 15.3. The Balaban J connectivity index is 1.39. The quantitative estimate of drug-likeness (QED) is 0.169. The van der Waals surface area contributed by atoms with Gasteiger partial charge in [-0.2, -0.15) is 0 Å². The molecule has 0 radical (unpaired) electrons. The molecule has 13 nitrogen and oxygen atoms in total. The molecule has 1 aliphatic carbocycles. The van der Waals surface area contributed by atoms with Crippen LogP contribution in [0.15, 0.2) is 64.2 Å². The van der Waals surface area contributed by atoms with Gasteiger partial charge in [0, 0.05) is 28.9 Å². The molecule has 4 N–H and O–H groups in total. The predicted octanol–water partition coefficient (Wildman–Crippen LogP) is 4.68. The molecule has 1 saturated carbocycles. The summed E-state index contributed by atoms with van der Waals surface area (Å²) in [5.41, 5.74) is 0.489. The minimum absolute atomic E-state index is 0.0127. The molecular weight excluding hydrogens is 710 g/mol. The number of benzene rings is 2. The van der Waals surface area contributed by atoms with Crippen LogP contribution in [0.4, 0.5) is 4.79 Å². The number of carbonyl (C=O) groups is 4. The first-order valence-electron chi connectivity index (χ1n) is 17.0. The van der Waals surface area contributed by atoms with Crippen LogP contribution in [0, 0.1) is 5.41 Å². The van der Waals surface area contributed by atoms with E-state index in [4.69, 9.17) is 9.57 Å². The third kappa shape index (κ3) is 9.20. The molecule has 1 spiro atoms. The predicted molar refractivity (Wildman–Crippen MR) is 188 cm³/mol. The summed E-state index contributed by atoms with van der Waals surface area (Å²) in [7, 11) is 0. The SMILES string of the molecule is CCCC(NC(=O)[C@@H]1C[C@]2(CC(c3cccc(Br)c3)=NO2)CN1C(=O)[C@@H](NC(=O)OCc1ccccc1)C(C)(C)C)C(OO)C(=O)NC1CC1. The van der Waals surface area contributed by atoms with Gasteiger partial charge in [0.1, 0.15) is 18.7 Å². The van der Waals surface area contributed by atoms with Gasteiger partial charge < -0.3 is 30.4 Å². The van der Waals surface area contributed by atoms with E-state index in [0.29, 0.717) is 25.0 Å². The van der Waals surface area contributed by atoms with E-state index in [9.17, 15) is 24.4 Å². The summed E-state index contributed by atoms with van der Waals surface area (Å²) < 4.78 is 6.32. The summed E-state index contributed by atoms with van der Waals surface area (Å²) in [6.45, 7) is 7.35. The van der Waals surface area contributed by atoms with Crippen LogP contribution in [-0.2, 0) is 35.5 Å². The van der Waals surface area contributed by atoms with E-state index < -0.39 is 59.1 Å². The molecule has 2 fully saturated rings. The number of hydrogen-bond donors (Lipinski definition) is 4. The second-order valence-electron chi connectivity index (χ2n) is 14.4. The summed E-state index contributed by atoms with van der Waals surface area (Å²) in [6, 6.07) is 13.8. The highest BCUT2D eigenvalue weighted by molar-refractivity contribution is 9.10. The molecule has 0 bridgehead atoms. The van der Waals surface area contributed by atoms with Crippen molar-refractivity contribution in [3.63, 3.8) is 0 Å². The number of alkyl carbamates (subject to hydrolysis) is 1. The van der Waals surface area contributed by atoms with Crippen molar-refractivity contribution in [3.8, 4) is 0 Å². The number of ether oxygens (including phenoxy) is 1. The Morgan fingerprint density at radius 1 is 1.10 bits per heavy atom. The van der Waals surface area contributed by atoms with Gasteiger partial charge in [-0.25, -0.2) is 9.68 Å². The molecule has 270 valence electrons. The van der Waals surface area contributed by atoms with Gasteiger partial charge in [-0.3, -0.25) is 19.6 Å². The van der Waals surface area contributed by atoms with Gasteiger partial charge in [0.25, 0.3) is 5.91 Å². The van der Waals surface area contributed by atoms with Crippen LogP contribution in [0.1, 0.15) is 77.3 Å². The van der Waals surface area contributed by atoms with Gasteiger partial charge in [0.05, 0.1) is 18.3 Å². The minimum atomic E-state index is -1.35. The summed E-state index contributed by atoms with van der Waals surface area (Å²) >= 11 is 3.50. The number of likely N-dealkylation sites (tertiary alicyclic amines) is 1. The maximum absolute atomic E-state index is 14.5. The number of rotatable bonds is 13. The molecule has 5 rings (SSSR count). The average molecular weight is 757 g/mol. The van der Waals surface area contributed by atoms with E-state index in [-0.39, 0.29) is 25.6 Å². The molecular formula is C36H46BrN5O8. The molecule has 14 heteroatoms. The maximum atomic E-state index is 14.5. The van der Waals surface area contributed by atoms with Crippen LogP contribution in [0.2, 0.25) is 0 Å². The maximum Gasteiger partial charge on any atom is 0.408 e. The number of nitrogens with one attached hydrogen (secondary N) is 3. The van der Waals surface area contributed by atoms with Crippen LogP contribution < -0.4 is 16.0 Å². The van der Waals surface area contributed by atoms with Gasteiger partial charge in [0.2, 0.25) is 11.8 Å². The molecule has 1 saturated heterocycles. The molecule has 2 aliphatic heterocycles. The Bertz CT molecular complexity index is 1580. The Labute approximate surface area is 300 Å². The van der Waals surface area contributed by atoms with Crippen molar-refractivity contribution in [1.29, 1.82) is 0 Å². The van der Waals surface area contributed by atoms with Crippen LogP contribution in [0.25, 0.3) is 0 Å². The molecule has 2 aromatic rings. The second kappa shape index (κ2) is 15.9. The third-order valence-electron chi connectivity index (χ3n) is 9.16. The van der Waals surface area contributed by atoms with Crippen LogP contribution in [-0.4, -0.2) is 82.1 Å². The van der Waals surface area contributed by atoms with Crippen molar-refractivity contribution in [2.24, 2.45) is 10.6 Å². The van der Waals surface area contributed by atoms with Crippen LogP contribution in [0.5, 0.6) is 0 Å². The zero-order valence-electron chi connectivity index (χ0n) is 28.8. The number of hydrogen-bond acceptors (Lipinski definition) is 9. The fourth-order valence-electron chi connectivity index (χ4n) is 6.35. The van der Waals surface area contributed by atoms with E-state index in [0.717, 1.165) is 28.4 Å². The van der Waals surface area contributed by atoms with Crippen LogP contribution in [0.3, 0.4) is 0 Å². The van der Waals surface area contributed by atoms with Gasteiger partial charge in [-0.15, -0.1) is 0 Å². The molecule has 50 heavy (non-hydrogen) atoms. The minimum Gasteiger partial charge on any atom is -0.445 e. The highest BCUT2D eigenvalue weighted by atomic mass is 79.9. The largest absolute Gasteiger partial charge is 0.445 e. The smallest absolute Gasteiger partial charge is 0.408 e. The molecule has 3 aliphatic rings. The number of nitrogens with zero attached hydrogens (tertiary/aromatic N) is 2. The van der Waals surface area contributed by atoms with Gasteiger partial charge in [-0.05, 0) is 42.4 Å². The summed E-state index contributed by atoms with van der Waals surface area (Å²) in [5, 5.41) is 22.6. The lowest BCUT2D eigenvalue weighted by Gasteiger charge is -2.35. The Kier molecular flexibility index (Phi) is 11.8. The summed E-state index contributed by atoms with van der Waals surface area (Å²) in [5.74, 6) is -1.57. The first kappa shape index (κ1) is 37.3. The average Bonchev–Trinajstić information content (AvgIpc) is 3.67. The van der Waals surface area contributed by atoms with E-state index in [1.54, 1.807) is 0 Å². The Hall–Kier alpha value is -4.01. The Morgan fingerprint density at radius 3 is 2.48 bits per heavy atom. The van der Waals surface area contributed by atoms with Crippen molar-refractivity contribution in [2.45, 2.75) is 109 Å². The number of oxime groups is 1. The standard InChI is InChI=1S/C36H46BrN5O8/c1-5-10-26(29(49-47)32(44)38-25-15-16-25)39-31(43)28-19-36(18-27(41-50-36)23-13-9-14-24(37)17-23)21-42(28)33(45)30(35(2,3)4)40-34(46)48-20-22-11-7-6-8-12-22/h6-9,11-14,17,25-26,28-30,47H,5,10,15-16,18-21H2,1-4H3,(H,38,44)(H,39,43)(H,40,46)/t26?,28-,29?,30+,36+/m0/s1. The van der Waals surface area contributed by atoms with E-state index >= 15 is 0 Å². The molecule has 2 aromatic carbocycles. The fourth-order valence-corrected chi connectivity index (χ4v) is 6.75. The lowest BCUT2D eigenvalue weighted by Crippen LogP contribution is -2.59. The lowest BCUT2D eigenvalue weighted by molar-refractivity contribution is -0.277. The highest BCUT2D eigenvalue weighted by Crippen LogP contribution is 2.40. The number of carbonyl (C=O) groups excluding carboxylic acids is 4. The van der Waals surface area contributed by atoms with Gasteiger partial charge in [-0.1, -0.05) is 97.7 Å². The van der Waals surface area contributed by atoms with Gasteiger partial charge in [0.15, 0.2) is 11.7 Å². The highest BCUT2D eigenvalue weighted by Gasteiger charge is 2.56. The van der Waals surface area contributed by atoms with E-state index in [1.165, 1.54) is 4.90 Å². The molecule has 4 amide bonds. The van der Waals surface area contributed by atoms with Crippen molar-refractivity contribution in [3.05, 3.63) is 70.2 Å². The first-order valence-corrected chi connectivity index (χ1v) is 17.8. The summed E-state index contributed by atoms with van der Waals surface area (Å²) in [6.07, 6.45) is 0.872. The van der Waals surface area contributed by atoms with Crippen molar-refractivity contribution >= 4 is 45.5 Å². The topological polar surface area (TPSA) is 168 Å². The number of amides is 4.